The van der Waals surface area contributed by atoms with E-state index in [0.717, 1.165) is 6.26 Å². The quantitative estimate of drug-likeness (QED) is 0.749. The van der Waals surface area contributed by atoms with Gasteiger partial charge < -0.3 is 10.3 Å². The maximum absolute atomic E-state index is 11.0. The largest absolute Gasteiger partial charge is 0.383 e. The Morgan fingerprint density at radius 1 is 1.56 bits per heavy atom. The number of nitrogens with two attached hydrogens (primary N) is 1. The fraction of sp³-hybridized carbons (Fsp3) is 0.286. The Bertz CT molecular complexity index is 599. The van der Waals surface area contributed by atoms with E-state index in [1.54, 1.807) is 0 Å². The second kappa shape index (κ2) is 3.59. The monoisotopic (exact) mass is 243 g/mol. The number of aromatic amines is 1. The predicted octanol–water partition coefficient (Wildman–Crippen LogP) is -0.414. The number of anilines is 1. The van der Waals surface area contributed by atoms with Crippen molar-refractivity contribution in [3.8, 4) is 11.5 Å². The minimum absolute atomic E-state index is 0.0955. The summed E-state index contributed by atoms with van der Waals surface area (Å²) in [6.07, 6.45) is 2.52. The lowest BCUT2D eigenvalue weighted by Crippen LogP contribution is -2.02. The highest BCUT2D eigenvalue weighted by molar-refractivity contribution is 7.89. The van der Waals surface area contributed by atoms with Crippen molar-refractivity contribution in [2.24, 2.45) is 0 Å². The Morgan fingerprint density at radius 3 is 2.88 bits per heavy atom. The number of H-pyrrole nitrogens is 1. The Morgan fingerprint density at radius 2 is 2.31 bits per heavy atom. The van der Waals surface area contributed by atoms with Gasteiger partial charge in [-0.05, 0) is 0 Å². The highest BCUT2D eigenvalue weighted by Gasteiger charge is 2.15. The Labute approximate surface area is 90.8 Å². The Hall–Kier alpha value is -1.90. The van der Waals surface area contributed by atoms with Gasteiger partial charge in [0.15, 0.2) is 15.7 Å². The Balaban J connectivity index is 2.30. The van der Waals surface area contributed by atoms with Gasteiger partial charge in [0, 0.05) is 6.26 Å². The van der Waals surface area contributed by atoms with E-state index in [1.807, 2.05) is 0 Å². The summed E-state index contributed by atoms with van der Waals surface area (Å²) >= 11 is 0. The molecule has 16 heavy (non-hydrogen) atoms. The zero-order valence-electron chi connectivity index (χ0n) is 8.34. The average Bonchev–Trinajstić information content (AvgIpc) is 2.71. The van der Waals surface area contributed by atoms with Crippen LogP contribution in [0.15, 0.2) is 10.7 Å². The van der Waals surface area contributed by atoms with Gasteiger partial charge in [0.05, 0.1) is 6.20 Å². The third-order valence-electron chi connectivity index (χ3n) is 1.76. The van der Waals surface area contributed by atoms with Crippen molar-refractivity contribution in [3.63, 3.8) is 0 Å². The van der Waals surface area contributed by atoms with Crippen LogP contribution in [0.25, 0.3) is 11.5 Å². The van der Waals surface area contributed by atoms with Crippen molar-refractivity contribution in [3.05, 3.63) is 12.0 Å². The van der Waals surface area contributed by atoms with Crippen LogP contribution in [0, 0.1) is 0 Å². The predicted molar refractivity (Wildman–Crippen MR) is 54.8 cm³/mol. The molecule has 2 aromatic heterocycles. The molecule has 0 unspecified atom stereocenters. The van der Waals surface area contributed by atoms with Crippen molar-refractivity contribution >= 4 is 15.7 Å². The molecule has 2 aromatic rings. The van der Waals surface area contributed by atoms with Crippen LogP contribution in [0.3, 0.4) is 0 Å². The number of nitrogen functional groups attached to an aromatic ring is 1. The van der Waals surface area contributed by atoms with Crippen LogP contribution in [0.2, 0.25) is 0 Å². The molecule has 2 rings (SSSR count). The molecule has 9 heteroatoms. The van der Waals surface area contributed by atoms with Gasteiger partial charge in [-0.25, -0.2) is 8.42 Å². The fourth-order valence-electron chi connectivity index (χ4n) is 1.12. The van der Waals surface area contributed by atoms with Crippen molar-refractivity contribution in [2.45, 2.75) is 5.75 Å². The summed E-state index contributed by atoms with van der Waals surface area (Å²) in [6, 6.07) is 0. The molecule has 0 fully saturated rings. The van der Waals surface area contributed by atoms with Gasteiger partial charge in [0.25, 0.3) is 5.89 Å². The summed E-state index contributed by atoms with van der Waals surface area (Å²) in [5, 5.41) is 9.73. The van der Waals surface area contributed by atoms with Gasteiger partial charge in [-0.2, -0.15) is 10.1 Å². The molecule has 0 atom stereocenters. The summed E-state index contributed by atoms with van der Waals surface area (Å²) in [4.78, 5) is 3.90. The van der Waals surface area contributed by atoms with Gasteiger partial charge in [-0.15, -0.1) is 0 Å². The van der Waals surface area contributed by atoms with Gasteiger partial charge in [0.1, 0.15) is 17.1 Å². The van der Waals surface area contributed by atoms with Gasteiger partial charge in [-0.3, -0.25) is 5.10 Å². The second-order valence-electron chi connectivity index (χ2n) is 3.28. The van der Waals surface area contributed by atoms with E-state index in [4.69, 9.17) is 10.3 Å². The highest BCUT2D eigenvalue weighted by atomic mass is 32.2. The molecule has 3 N–H and O–H groups in total. The van der Waals surface area contributed by atoms with Crippen LogP contribution in [0.1, 0.15) is 5.82 Å². The molecule has 0 aliphatic carbocycles. The maximum atomic E-state index is 11.0. The smallest absolute Gasteiger partial charge is 0.263 e. The minimum Gasteiger partial charge on any atom is -0.383 e. The van der Waals surface area contributed by atoms with Crippen molar-refractivity contribution < 1.29 is 12.9 Å². The molecule has 0 saturated heterocycles. The number of nitrogens with one attached hydrogen (secondary N) is 1. The number of nitrogens with zero attached hydrogens (tertiary/aromatic N) is 3. The average molecular weight is 243 g/mol. The van der Waals surface area contributed by atoms with E-state index in [2.05, 4.69) is 20.3 Å². The highest BCUT2D eigenvalue weighted by Crippen LogP contribution is 2.21. The number of hydrogen-bond donors (Lipinski definition) is 2. The van der Waals surface area contributed by atoms with Crippen molar-refractivity contribution in [2.75, 3.05) is 12.0 Å². The van der Waals surface area contributed by atoms with E-state index >= 15 is 0 Å². The van der Waals surface area contributed by atoms with Gasteiger partial charge in [-0.1, -0.05) is 5.16 Å². The van der Waals surface area contributed by atoms with E-state index in [1.165, 1.54) is 6.20 Å². The zero-order valence-corrected chi connectivity index (χ0v) is 9.15. The summed E-state index contributed by atoms with van der Waals surface area (Å²) in [7, 11) is -3.18. The van der Waals surface area contributed by atoms with E-state index in [9.17, 15) is 8.42 Å². The SMILES string of the molecule is CS(=O)(=O)Cc1noc(-c2cn[nH]c2N)n1. The second-order valence-corrected chi connectivity index (χ2v) is 5.42. The number of rotatable bonds is 3. The molecule has 0 aliphatic rings. The van der Waals surface area contributed by atoms with E-state index in [0.29, 0.717) is 5.56 Å². The lowest BCUT2D eigenvalue weighted by Gasteiger charge is -1.89. The summed E-state index contributed by atoms with van der Waals surface area (Å²) < 4.78 is 26.9. The standard InChI is InChI=1S/C7H9N5O3S/c1-16(13,14)3-5-10-7(15-12-5)4-2-9-11-6(4)8/h2H,3H2,1H3,(H3,8,9,11). The molecule has 0 spiro atoms. The fourth-order valence-corrected chi connectivity index (χ4v) is 1.71. The van der Waals surface area contributed by atoms with Crippen LogP contribution in [-0.4, -0.2) is 35.0 Å². The molecule has 2 heterocycles. The molecule has 0 saturated carbocycles. The van der Waals surface area contributed by atoms with Gasteiger partial charge >= 0.3 is 0 Å². The van der Waals surface area contributed by atoms with Crippen LogP contribution in [-0.2, 0) is 15.6 Å². The summed E-state index contributed by atoms with van der Waals surface area (Å²) in [5.74, 6) is 0.256. The maximum Gasteiger partial charge on any atom is 0.263 e. The molecule has 0 radical (unpaired) electrons. The minimum atomic E-state index is -3.18. The lowest BCUT2D eigenvalue weighted by molar-refractivity contribution is 0.424. The van der Waals surface area contributed by atoms with Crippen molar-refractivity contribution in [1.29, 1.82) is 0 Å². The zero-order chi connectivity index (χ0) is 11.8. The molecule has 0 aromatic carbocycles. The van der Waals surface area contributed by atoms with E-state index in [-0.39, 0.29) is 23.3 Å². The first-order valence-corrected chi connectivity index (χ1v) is 6.31. The molecule has 86 valence electrons. The molecule has 0 amide bonds. The molecular weight excluding hydrogens is 234 g/mol. The first-order valence-electron chi connectivity index (χ1n) is 4.25. The van der Waals surface area contributed by atoms with Crippen LogP contribution >= 0.6 is 0 Å². The number of hydrogen-bond acceptors (Lipinski definition) is 7. The van der Waals surface area contributed by atoms with Gasteiger partial charge in [0.2, 0.25) is 0 Å². The third-order valence-corrected chi connectivity index (χ3v) is 2.54. The van der Waals surface area contributed by atoms with Crippen molar-refractivity contribution in [1.82, 2.24) is 20.3 Å². The number of sulfone groups is 1. The molecule has 0 aliphatic heterocycles. The molecule has 8 nitrogen and oxygen atoms in total. The van der Waals surface area contributed by atoms with Crippen LogP contribution < -0.4 is 5.73 Å². The molecular formula is C7H9N5O3S. The first-order chi connectivity index (χ1) is 7.46. The summed E-state index contributed by atoms with van der Waals surface area (Å²) in [5.41, 5.74) is 6.00. The lowest BCUT2D eigenvalue weighted by atomic mass is 10.3. The number of aromatic nitrogens is 4. The van der Waals surface area contributed by atoms with Crippen LogP contribution in [0.4, 0.5) is 5.82 Å². The third kappa shape index (κ3) is 2.19. The topological polar surface area (TPSA) is 128 Å². The first kappa shape index (κ1) is 10.6. The molecule has 0 bridgehead atoms. The van der Waals surface area contributed by atoms with Crippen LogP contribution in [0.5, 0.6) is 0 Å². The normalized spacial score (nSPS) is 11.8. The van der Waals surface area contributed by atoms with E-state index < -0.39 is 9.84 Å². The summed E-state index contributed by atoms with van der Waals surface area (Å²) in [6.45, 7) is 0. The Kier molecular flexibility index (Phi) is 2.38.